The lowest BCUT2D eigenvalue weighted by Gasteiger charge is -2.03. The molecule has 0 radical (unpaired) electrons. The maximum atomic E-state index is 10.7. The molecular weight excluding hydrogens is 258 g/mol. The number of carbonyl (C=O) groups is 1. The average Bonchev–Trinajstić information content (AvgIpc) is 2.43. The monoisotopic (exact) mass is 267 g/mol. The van der Waals surface area contributed by atoms with Crippen molar-refractivity contribution in [3.63, 3.8) is 0 Å². The topological polar surface area (TPSA) is 50.2 Å². The van der Waals surface area contributed by atoms with Gasteiger partial charge in [0.05, 0.1) is 12.1 Å². The van der Waals surface area contributed by atoms with Crippen LogP contribution in [0.1, 0.15) is 23.4 Å². The number of hydrogen-bond acceptors (Lipinski definition) is 2. The summed E-state index contributed by atoms with van der Waals surface area (Å²) in [7, 11) is 0. The Kier molecular flexibility index (Phi) is 2.61. The van der Waals surface area contributed by atoms with Gasteiger partial charge in [0.15, 0.2) is 0 Å². The molecule has 0 atom stereocenters. The summed E-state index contributed by atoms with van der Waals surface area (Å²) >= 11 is 3.41. The average molecular weight is 268 g/mol. The van der Waals surface area contributed by atoms with E-state index in [9.17, 15) is 4.79 Å². The number of carboxylic acid groups (broad SMARTS) is 1. The van der Waals surface area contributed by atoms with Crippen molar-refractivity contribution < 1.29 is 9.90 Å². The second kappa shape index (κ2) is 3.77. The quantitative estimate of drug-likeness (QED) is 0.896. The van der Waals surface area contributed by atoms with Crippen LogP contribution >= 0.6 is 15.9 Å². The zero-order chi connectivity index (χ0) is 11.0. The van der Waals surface area contributed by atoms with Crippen LogP contribution < -0.4 is 0 Å². The zero-order valence-corrected chi connectivity index (χ0v) is 9.84. The molecule has 15 heavy (non-hydrogen) atoms. The molecule has 1 aromatic heterocycles. The van der Waals surface area contributed by atoms with Gasteiger partial charge in [-0.15, -0.1) is 0 Å². The molecule has 78 valence electrons. The molecule has 0 aliphatic heterocycles. The van der Waals surface area contributed by atoms with Crippen molar-refractivity contribution >= 4 is 27.5 Å². The highest BCUT2D eigenvalue weighted by Gasteiger charge is 2.23. The molecular formula is C11H10BrNO2. The molecule has 4 heteroatoms. The molecule has 1 aliphatic rings. The van der Waals surface area contributed by atoms with Gasteiger partial charge in [0.1, 0.15) is 0 Å². The number of rotatable bonds is 2. The van der Waals surface area contributed by atoms with Gasteiger partial charge < -0.3 is 5.11 Å². The van der Waals surface area contributed by atoms with Crippen LogP contribution in [0.15, 0.2) is 16.6 Å². The summed E-state index contributed by atoms with van der Waals surface area (Å²) in [5, 5.41) is 8.80. The van der Waals surface area contributed by atoms with Crippen LogP contribution in [-0.2, 0) is 11.2 Å². The molecule has 0 unspecified atom stereocenters. The minimum atomic E-state index is -0.821. The lowest BCUT2D eigenvalue weighted by Crippen LogP contribution is -1.99. The van der Waals surface area contributed by atoms with Crippen LogP contribution in [0.3, 0.4) is 0 Å². The molecule has 1 aromatic rings. The van der Waals surface area contributed by atoms with Crippen LogP contribution in [0.2, 0.25) is 0 Å². The summed E-state index contributed by atoms with van der Waals surface area (Å²) in [5.41, 5.74) is 3.66. The highest BCUT2D eigenvalue weighted by atomic mass is 79.9. The largest absolute Gasteiger partial charge is 0.481 e. The second-order valence-corrected chi connectivity index (χ2v) is 4.55. The van der Waals surface area contributed by atoms with Crippen molar-refractivity contribution in [3.8, 4) is 0 Å². The van der Waals surface area contributed by atoms with Crippen molar-refractivity contribution in [2.24, 2.45) is 0 Å². The molecule has 0 saturated heterocycles. The van der Waals surface area contributed by atoms with Crippen LogP contribution in [0, 0.1) is 6.92 Å². The van der Waals surface area contributed by atoms with E-state index >= 15 is 0 Å². The first-order valence-corrected chi connectivity index (χ1v) is 5.43. The molecule has 1 N–H and O–H groups in total. The fourth-order valence-corrected chi connectivity index (χ4v) is 2.35. The van der Waals surface area contributed by atoms with Crippen molar-refractivity contribution in [3.05, 3.63) is 33.6 Å². The summed E-state index contributed by atoms with van der Waals surface area (Å²) in [6.45, 7) is 1.91. The normalized spacial score (nSPS) is 14.3. The van der Waals surface area contributed by atoms with Gasteiger partial charge in [-0.1, -0.05) is 22.0 Å². The van der Waals surface area contributed by atoms with Crippen molar-refractivity contribution in [2.45, 2.75) is 19.8 Å². The fourth-order valence-electron chi connectivity index (χ4n) is 1.72. The third kappa shape index (κ3) is 1.95. The van der Waals surface area contributed by atoms with Crippen LogP contribution in [0.5, 0.6) is 0 Å². The summed E-state index contributed by atoms with van der Waals surface area (Å²) in [6.07, 6.45) is 0.787. The SMILES string of the molecule is Cc1ccc2c(n1)C(CC(=O)O)=C(Br)C2. The number of halogens is 1. The van der Waals surface area contributed by atoms with Gasteiger partial charge in [-0.3, -0.25) is 9.78 Å². The summed E-state index contributed by atoms with van der Waals surface area (Å²) in [4.78, 5) is 15.1. The predicted octanol–water partition coefficient (Wildman–Crippen LogP) is 2.53. The Morgan fingerprint density at radius 1 is 1.60 bits per heavy atom. The lowest BCUT2D eigenvalue weighted by atomic mass is 10.1. The Morgan fingerprint density at radius 2 is 2.33 bits per heavy atom. The Labute approximate surface area is 96.0 Å². The summed E-state index contributed by atoms with van der Waals surface area (Å²) < 4.78 is 0.943. The van der Waals surface area contributed by atoms with Crippen molar-refractivity contribution in [1.82, 2.24) is 4.98 Å². The molecule has 1 aliphatic carbocycles. The van der Waals surface area contributed by atoms with Gasteiger partial charge in [-0.2, -0.15) is 0 Å². The van der Waals surface area contributed by atoms with Crippen LogP contribution in [0.4, 0.5) is 0 Å². The number of nitrogens with zero attached hydrogens (tertiary/aromatic N) is 1. The van der Waals surface area contributed by atoms with E-state index in [1.807, 2.05) is 19.1 Å². The van der Waals surface area contributed by atoms with Crippen LogP contribution in [-0.4, -0.2) is 16.1 Å². The number of carboxylic acids is 1. The minimum Gasteiger partial charge on any atom is -0.481 e. The molecule has 3 nitrogen and oxygen atoms in total. The smallest absolute Gasteiger partial charge is 0.307 e. The van der Waals surface area contributed by atoms with Gasteiger partial charge in [0.25, 0.3) is 0 Å². The molecule has 0 amide bonds. The minimum absolute atomic E-state index is 0.0318. The van der Waals surface area contributed by atoms with Crippen LogP contribution in [0.25, 0.3) is 5.57 Å². The number of pyridine rings is 1. The zero-order valence-electron chi connectivity index (χ0n) is 8.25. The lowest BCUT2D eigenvalue weighted by molar-refractivity contribution is -0.135. The molecule has 0 saturated carbocycles. The van der Waals surface area contributed by atoms with Crippen molar-refractivity contribution in [1.29, 1.82) is 0 Å². The Balaban J connectivity index is 2.45. The maximum absolute atomic E-state index is 10.7. The number of aliphatic carboxylic acids is 1. The molecule has 0 fully saturated rings. The van der Waals surface area contributed by atoms with Crippen molar-refractivity contribution in [2.75, 3.05) is 0 Å². The fraction of sp³-hybridized carbons (Fsp3) is 0.273. The van der Waals surface area contributed by atoms with E-state index in [1.54, 1.807) is 0 Å². The Morgan fingerprint density at radius 3 is 3.00 bits per heavy atom. The van der Waals surface area contributed by atoms with Gasteiger partial charge in [0, 0.05) is 16.6 Å². The summed E-state index contributed by atoms with van der Waals surface area (Å²) in [6, 6.07) is 3.95. The molecule has 0 spiro atoms. The number of aryl methyl sites for hydroxylation is 1. The Bertz CT molecular complexity index is 466. The standard InChI is InChI=1S/C11H10BrNO2/c1-6-2-3-7-4-9(12)8(5-10(14)15)11(7)13-6/h2-3H,4-5H2,1H3,(H,14,15). The number of fused-ring (bicyclic) bond motifs is 1. The van der Waals surface area contributed by atoms with Gasteiger partial charge >= 0.3 is 5.97 Å². The second-order valence-electron chi connectivity index (χ2n) is 3.59. The molecule has 0 aromatic carbocycles. The molecule has 0 bridgehead atoms. The highest BCUT2D eigenvalue weighted by molar-refractivity contribution is 9.11. The number of allylic oxidation sites excluding steroid dienone is 1. The molecule has 1 heterocycles. The number of aromatic nitrogens is 1. The van der Waals surface area contributed by atoms with E-state index in [-0.39, 0.29) is 6.42 Å². The summed E-state index contributed by atoms with van der Waals surface area (Å²) in [5.74, 6) is -0.821. The number of hydrogen-bond donors (Lipinski definition) is 1. The predicted molar refractivity (Wildman–Crippen MR) is 60.8 cm³/mol. The first kappa shape index (κ1) is 10.4. The van der Waals surface area contributed by atoms with E-state index in [4.69, 9.17) is 5.11 Å². The Hall–Kier alpha value is -1.16. The maximum Gasteiger partial charge on any atom is 0.307 e. The van der Waals surface area contributed by atoms with E-state index in [1.165, 1.54) is 0 Å². The van der Waals surface area contributed by atoms with E-state index in [0.29, 0.717) is 0 Å². The third-order valence-corrected chi connectivity index (χ3v) is 3.16. The van der Waals surface area contributed by atoms with Gasteiger partial charge in [-0.05, 0) is 24.1 Å². The van der Waals surface area contributed by atoms with Gasteiger partial charge in [0.2, 0.25) is 0 Å². The van der Waals surface area contributed by atoms with Gasteiger partial charge in [-0.25, -0.2) is 0 Å². The third-order valence-electron chi connectivity index (χ3n) is 2.40. The highest BCUT2D eigenvalue weighted by Crippen LogP contribution is 2.36. The first-order valence-electron chi connectivity index (χ1n) is 4.64. The van der Waals surface area contributed by atoms with E-state index in [2.05, 4.69) is 20.9 Å². The van der Waals surface area contributed by atoms with E-state index < -0.39 is 5.97 Å². The van der Waals surface area contributed by atoms with E-state index in [0.717, 1.165) is 33.4 Å². The first-order chi connectivity index (χ1) is 7.08. The molecule has 2 rings (SSSR count).